The molecule has 3 aromatic carbocycles. The number of pyridine rings is 1. The van der Waals surface area contributed by atoms with Crippen LogP contribution in [0.25, 0.3) is 5.69 Å². The molecular weight excluding hydrogens is 789 g/mol. The van der Waals surface area contributed by atoms with E-state index < -0.39 is 14.3 Å². The fraction of sp³-hybridized carbons (Fsp3) is 0.357. The lowest BCUT2D eigenvalue weighted by atomic mass is 9.92. The van der Waals surface area contributed by atoms with Gasteiger partial charge in [0.25, 0.3) is 13.9 Å². The third-order valence-corrected chi connectivity index (χ3v) is 15.3. The van der Waals surface area contributed by atoms with Crippen molar-refractivity contribution in [3.05, 3.63) is 126 Å². The molecule has 0 radical (unpaired) electrons. The van der Waals surface area contributed by atoms with Crippen LogP contribution in [0, 0.1) is 6.92 Å². The van der Waals surface area contributed by atoms with E-state index in [-0.39, 0.29) is 46.5 Å². The molecule has 56 heavy (non-hydrogen) atoms. The first kappa shape index (κ1) is 42.7. The SMILES string of the molecule is COc1cc(Cn2c(C)cc(OCc3ccccc3CNC(=O)Nc3cc(C(C)(C)C)nn3-c3ccc(O[Si](C)(C)C(C)(C)C)c(Cl)c3)c(Cl)c2=O)ccc1Cl. The van der Waals surface area contributed by atoms with Gasteiger partial charge in [0.15, 0.2) is 0 Å². The zero-order valence-corrected chi connectivity index (χ0v) is 36.8. The summed E-state index contributed by atoms with van der Waals surface area (Å²) in [7, 11) is -0.583. The minimum Gasteiger partial charge on any atom is -0.543 e. The van der Waals surface area contributed by atoms with Gasteiger partial charge in [0.05, 0.1) is 35.1 Å². The number of nitrogens with zero attached hydrogens (tertiary/aromatic N) is 3. The second-order valence-electron chi connectivity index (χ2n) is 16.2. The molecule has 2 heterocycles. The monoisotopic (exact) mass is 837 g/mol. The lowest BCUT2D eigenvalue weighted by Crippen LogP contribution is -2.43. The Balaban J connectivity index is 1.29. The molecule has 5 aromatic rings. The van der Waals surface area contributed by atoms with Crippen molar-refractivity contribution in [2.45, 2.75) is 91.7 Å². The number of carbonyl (C=O) groups is 1. The minimum absolute atomic E-state index is 0.00618. The molecule has 0 atom stereocenters. The number of hydrogen-bond acceptors (Lipinski definition) is 6. The van der Waals surface area contributed by atoms with Crippen LogP contribution in [0.4, 0.5) is 10.6 Å². The number of ether oxygens (including phenoxy) is 2. The number of nitrogens with one attached hydrogen (secondary N) is 2. The number of aryl methyl sites for hydroxylation is 1. The normalized spacial score (nSPS) is 12.0. The van der Waals surface area contributed by atoms with Gasteiger partial charge in [-0.05, 0) is 72.1 Å². The maximum absolute atomic E-state index is 13.4. The summed E-state index contributed by atoms with van der Waals surface area (Å²) < 4.78 is 21.2. The van der Waals surface area contributed by atoms with Crippen molar-refractivity contribution in [3.8, 4) is 22.9 Å². The second-order valence-corrected chi connectivity index (χ2v) is 22.2. The number of benzene rings is 3. The number of anilines is 1. The number of hydrogen-bond donors (Lipinski definition) is 2. The third-order valence-electron chi connectivity index (χ3n) is 9.96. The van der Waals surface area contributed by atoms with E-state index in [0.29, 0.717) is 38.7 Å². The van der Waals surface area contributed by atoms with Gasteiger partial charge in [0.2, 0.25) is 0 Å². The topological polar surface area (TPSA) is 109 Å². The fourth-order valence-electron chi connectivity index (χ4n) is 5.53. The van der Waals surface area contributed by atoms with Crippen molar-refractivity contribution in [3.63, 3.8) is 0 Å². The van der Waals surface area contributed by atoms with E-state index in [1.807, 2.05) is 55.5 Å². The van der Waals surface area contributed by atoms with Gasteiger partial charge in [-0.15, -0.1) is 0 Å². The average Bonchev–Trinajstić information content (AvgIpc) is 3.56. The highest BCUT2D eigenvalue weighted by molar-refractivity contribution is 6.74. The first-order valence-corrected chi connectivity index (χ1v) is 22.3. The maximum Gasteiger partial charge on any atom is 0.320 e. The van der Waals surface area contributed by atoms with Gasteiger partial charge in [0.1, 0.15) is 34.7 Å². The highest BCUT2D eigenvalue weighted by atomic mass is 35.5. The van der Waals surface area contributed by atoms with Crippen molar-refractivity contribution < 1.29 is 18.7 Å². The molecule has 14 heteroatoms. The highest BCUT2D eigenvalue weighted by Gasteiger charge is 2.39. The summed E-state index contributed by atoms with van der Waals surface area (Å²) in [6.45, 7) is 19.5. The molecule has 0 aliphatic heterocycles. The van der Waals surface area contributed by atoms with Crippen molar-refractivity contribution in [1.82, 2.24) is 19.7 Å². The zero-order chi connectivity index (χ0) is 41.2. The number of amides is 2. The van der Waals surface area contributed by atoms with Crippen LogP contribution in [-0.2, 0) is 25.1 Å². The van der Waals surface area contributed by atoms with Crippen LogP contribution >= 0.6 is 34.8 Å². The van der Waals surface area contributed by atoms with Crippen LogP contribution in [0.15, 0.2) is 77.6 Å². The van der Waals surface area contributed by atoms with Gasteiger partial charge < -0.3 is 23.8 Å². The van der Waals surface area contributed by atoms with E-state index in [2.05, 4.69) is 65.3 Å². The van der Waals surface area contributed by atoms with Gasteiger partial charge in [-0.25, -0.2) is 9.48 Å². The molecule has 298 valence electrons. The Morgan fingerprint density at radius 3 is 2.20 bits per heavy atom. The predicted octanol–water partition coefficient (Wildman–Crippen LogP) is 10.9. The quantitative estimate of drug-likeness (QED) is 0.121. The molecule has 2 amide bonds. The van der Waals surface area contributed by atoms with Crippen molar-refractivity contribution in [1.29, 1.82) is 0 Å². The van der Waals surface area contributed by atoms with Crippen LogP contribution in [0.2, 0.25) is 33.2 Å². The molecule has 0 saturated heterocycles. The smallest absolute Gasteiger partial charge is 0.320 e. The standard InChI is InChI=1S/C42H50Cl3N5O5Si/c1-26-19-35(38(45)39(51)49(26)24-27-15-17-31(43)34(20-27)53-8)54-25-29-14-12-11-13-28(29)23-46-40(52)47-37-22-36(41(2,3)4)48-50(37)30-16-18-33(32(44)21-30)55-56(9,10)42(5,6)7/h11-22H,23-25H2,1-10H3,(H2,46,47,52). The average molecular weight is 839 g/mol. The van der Waals surface area contributed by atoms with Crippen molar-refractivity contribution >= 4 is 55.0 Å². The van der Waals surface area contributed by atoms with E-state index in [4.69, 9.17) is 53.8 Å². The Morgan fingerprint density at radius 1 is 0.857 bits per heavy atom. The van der Waals surface area contributed by atoms with Crippen molar-refractivity contribution in [2.75, 3.05) is 12.4 Å². The number of urea groups is 1. The molecule has 2 aromatic heterocycles. The number of carbonyl (C=O) groups excluding carboxylic acids is 1. The van der Waals surface area contributed by atoms with Gasteiger partial charge in [-0.1, -0.05) is 107 Å². The molecule has 0 aliphatic carbocycles. The third kappa shape index (κ3) is 9.92. The largest absolute Gasteiger partial charge is 0.543 e. The molecule has 0 saturated carbocycles. The molecule has 0 fully saturated rings. The highest BCUT2D eigenvalue weighted by Crippen LogP contribution is 2.40. The summed E-state index contributed by atoms with van der Waals surface area (Å²) in [4.78, 5) is 26.8. The summed E-state index contributed by atoms with van der Waals surface area (Å²) in [6, 6.07) is 21.6. The lowest BCUT2D eigenvalue weighted by molar-refractivity contribution is 0.251. The molecule has 0 aliphatic rings. The van der Waals surface area contributed by atoms with Gasteiger partial charge in [-0.2, -0.15) is 5.10 Å². The molecule has 0 spiro atoms. The van der Waals surface area contributed by atoms with Crippen LogP contribution in [0.1, 0.15) is 69.6 Å². The van der Waals surface area contributed by atoms with Crippen molar-refractivity contribution in [2.24, 2.45) is 0 Å². The van der Waals surface area contributed by atoms with Crippen LogP contribution in [0.3, 0.4) is 0 Å². The summed E-state index contributed by atoms with van der Waals surface area (Å²) in [5.41, 5.74) is 3.94. The number of methoxy groups -OCH3 is 1. The predicted molar refractivity (Wildman–Crippen MR) is 229 cm³/mol. The summed E-state index contributed by atoms with van der Waals surface area (Å²) in [5, 5.41) is 11.7. The molecule has 0 unspecified atom stereocenters. The number of aromatic nitrogens is 3. The number of halogens is 3. The van der Waals surface area contributed by atoms with E-state index in [1.165, 1.54) is 7.11 Å². The Kier molecular flexibility index (Phi) is 12.9. The van der Waals surface area contributed by atoms with Crippen LogP contribution < -0.4 is 30.1 Å². The minimum atomic E-state index is -2.12. The van der Waals surface area contributed by atoms with E-state index in [1.54, 1.807) is 33.5 Å². The molecule has 2 N–H and O–H groups in total. The van der Waals surface area contributed by atoms with Crippen LogP contribution in [0.5, 0.6) is 17.2 Å². The first-order chi connectivity index (χ1) is 26.2. The van der Waals surface area contributed by atoms with Gasteiger partial charge in [-0.3, -0.25) is 10.1 Å². The van der Waals surface area contributed by atoms with E-state index in [9.17, 15) is 9.59 Å². The number of rotatable bonds is 12. The van der Waals surface area contributed by atoms with E-state index in [0.717, 1.165) is 22.4 Å². The van der Waals surface area contributed by atoms with E-state index >= 15 is 0 Å². The molecule has 10 nitrogen and oxygen atoms in total. The molecular formula is C42H50Cl3N5O5Si. The Hall–Kier alpha value is -4.42. The zero-order valence-electron chi connectivity index (χ0n) is 33.6. The van der Waals surface area contributed by atoms with Gasteiger partial charge >= 0.3 is 6.03 Å². The van der Waals surface area contributed by atoms with Gasteiger partial charge in [0, 0.05) is 29.8 Å². The lowest BCUT2D eigenvalue weighted by Gasteiger charge is -2.36. The first-order valence-electron chi connectivity index (χ1n) is 18.2. The summed E-state index contributed by atoms with van der Waals surface area (Å²) in [6.07, 6.45) is 0. The summed E-state index contributed by atoms with van der Waals surface area (Å²) >= 11 is 19.5. The molecule has 0 bridgehead atoms. The fourth-order valence-corrected chi connectivity index (χ4v) is 7.25. The maximum atomic E-state index is 13.4. The molecule has 5 rings (SSSR count). The Bertz CT molecular complexity index is 2290. The van der Waals surface area contributed by atoms with Crippen LogP contribution in [-0.4, -0.2) is 35.8 Å². The second kappa shape index (κ2) is 17.0. The Labute approximate surface area is 345 Å². The summed E-state index contributed by atoms with van der Waals surface area (Å²) in [5.74, 6) is 1.89. The Morgan fingerprint density at radius 2 is 1.55 bits per heavy atom.